The number of hydrogen-bond donors (Lipinski definition) is 7. The second kappa shape index (κ2) is 20.6. The first-order chi connectivity index (χ1) is 27.6. The quantitative estimate of drug-likeness (QED) is 0.0832. The van der Waals surface area contributed by atoms with Gasteiger partial charge in [0.2, 0.25) is 5.91 Å². The van der Waals surface area contributed by atoms with E-state index >= 15 is 0 Å². The summed E-state index contributed by atoms with van der Waals surface area (Å²) in [6.07, 6.45) is 4.65. The zero-order chi connectivity index (χ0) is 40.1. The Balaban J connectivity index is 1.13. The van der Waals surface area contributed by atoms with E-state index in [1.165, 1.54) is 0 Å². The first-order valence-electron chi connectivity index (χ1n) is 20.7. The molecule has 6 rings (SSSR count). The van der Waals surface area contributed by atoms with Gasteiger partial charge in [-0.1, -0.05) is 60.7 Å². The van der Waals surface area contributed by atoms with Crippen LogP contribution in [0.25, 0.3) is 0 Å². The molecule has 3 fully saturated rings. The summed E-state index contributed by atoms with van der Waals surface area (Å²) in [4.78, 5) is 52.5. The molecule has 0 saturated carbocycles. The second-order valence-electron chi connectivity index (χ2n) is 16.3. The minimum absolute atomic E-state index is 0.0391. The predicted octanol–water partition coefficient (Wildman–Crippen LogP) is 3.97. The fourth-order valence-corrected chi connectivity index (χ4v) is 9.02. The van der Waals surface area contributed by atoms with Crippen molar-refractivity contribution >= 4 is 29.5 Å². The Labute approximate surface area is 335 Å². The molecule has 12 nitrogen and oxygen atoms in total. The van der Waals surface area contributed by atoms with E-state index in [-0.39, 0.29) is 30.1 Å². The third-order valence-electron chi connectivity index (χ3n) is 12.3. The van der Waals surface area contributed by atoms with Crippen LogP contribution in [0.4, 0.5) is 5.69 Å². The molecular formula is C45H59N5O7. The van der Waals surface area contributed by atoms with Gasteiger partial charge < -0.3 is 41.5 Å². The van der Waals surface area contributed by atoms with Crippen molar-refractivity contribution in [2.45, 2.75) is 51.4 Å². The summed E-state index contributed by atoms with van der Waals surface area (Å²) in [5.41, 5.74) is 5.58. The van der Waals surface area contributed by atoms with Crippen molar-refractivity contribution in [1.82, 2.24) is 20.9 Å². The Morgan fingerprint density at radius 1 is 0.596 bits per heavy atom. The highest BCUT2D eigenvalue weighted by molar-refractivity contribution is 5.79. The number of carboxylic acid groups (broad SMARTS) is 3. The van der Waals surface area contributed by atoms with Crippen LogP contribution in [-0.2, 0) is 51.3 Å². The molecule has 3 aromatic carbocycles. The summed E-state index contributed by atoms with van der Waals surface area (Å²) in [6.45, 7) is 6.02. The lowest BCUT2D eigenvalue weighted by Gasteiger charge is -2.24. The van der Waals surface area contributed by atoms with Crippen molar-refractivity contribution in [3.8, 4) is 0 Å². The minimum atomic E-state index is -0.791. The lowest BCUT2D eigenvalue weighted by Crippen LogP contribution is -2.37. The van der Waals surface area contributed by atoms with Crippen molar-refractivity contribution in [3.05, 3.63) is 101 Å². The molecule has 0 spiro atoms. The summed E-state index contributed by atoms with van der Waals surface area (Å²) >= 11 is 0. The lowest BCUT2D eigenvalue weighted by atomic mass is 9.86. The van der Waals surface area contributed by atoms with Crippen LogP contribution >= 0.6 is 0 Å². The third-order valence-corrected chi connectivity index (χ3v) is 12.3. The third kappa shape index (κ3) is 12.1. The topological polar surface area (TPSA) is 180 Å². The van der Waals surface area contributed by atoms with Crippen LogP contribution in [0.3, 0.4) is 0 Å². The number of anilines is 1. The number of aliphatic carboxylic acids is 3. The van der Waals surface area contributed by atoms with Crippen LogP contribution in [-0.4, -0.2) is 103 Å². The summed E-state index contributed by atoms with van der Waals surface area (Å²) in [5, 5.41) is 43.3. The maximum atomic E-state index is 14.1. The van der Waals surface area contributed by atoms with Gasteiger partial charge in [-0.25, -0.2) is 0 Å². The monoisotopic (exact) mass is 781 g/mol. The Bertz CT molecular complexity index is 1820. The number of hydrogen-bond acceptors (Lipinski definition) is 8. The summed E-state index contributed by atoms with van der Waals surface area (Å²) < 4.78 is 0. The van der Waals surface area contributed by atoms with Crippen molar-refractivity contribution < 1.29 is 34.5 Å². The van der Waals surface area contributed by atoms with Gasteiger partial charge in [-0.15, -0.1) is 0 Å². The minimum Gasteiger partial charge on any atom is -0.481 e. The number of carboxylic acids is 3. The van der Waals surface area contributed by atoms with Gasteiger partial charge in [-0.2, -0.15) is 0 Å². The van der Waals surface area contributed by atoms with E-state index in [1.807, 2.05) is 71.6 Å². The van der Waals surface area contributed by atoms with Gasteiger partial charge in [0.25, 0.3) is 0 Å². The van der Waals surface area contributed by atoms with Crippen LogP contribution in [0.5, 0.6) is 0 Å². The predicted molar refractivity (Wildman–Crippen MR) is 219 cm³/mol. The summed E-state index contributed by atoms with van der Waals surface area (Å²) in [6, 6.07) is 23.6. The smallest absolute Gasteiger partial charge is 0.307 e. The van der Waals surface area contributed by atoms with Crippen molar-refractivity contribution in [2.75, 3.05) is 64.2 Å². The molecule has 1 amide bonds. The van der Waals surface area contributed by atoms with Gasteiger partial charge in [0.15, 0.2) is 0 Å². The van der Waals surface area contributed by atoms with Crippen molar-refractivity contribution in [3.63, 3.8) is 0 Å². The molecule has 3 aliphatic rings. The van der Waals surface area contributed by atoms with Gasteiger partial charge in [0.05, 0.1) is 24.2 Å². The Morgan fingerprint density at radius 3 is 1.51 bits per heavy atom. The molecule has 0 unspecified atom stereocenters. The molecule has 306 valence electrons. The molecule has 3 aromatic rings. The SMILES string of the molecule is O=C(O)[C@@H](Cc1cccc(CCN(CCNc2cccc(C[C@H](C(=O)O)[C@H]3CCNC3)c2)C(=O)Cc2cccc(C[C@H](C(=O)O)[C@H]3CCNC3)c2)c1)[C@H]1CCNC1. The first-order valence-corrected chi connectivity index (χ1v) is 20.7. The average molecular weight is 782 g/mol. The molecule has 3 aliphatic heterocycles. The Hall–Kier alpha value is -4.78. The fraction of sp³-hybridized carbons (Fsp3) is 0.511. The zero-order valence-corrected chi connectivity index (χ0v) is 32.8. The van der Waals surface area contributed by atoms with Crippen LogP contribution in [0.2, 0.25) is 0 Å². The highest BCUT2D eigenvalue weighted by atomic mass is 16.4. The number of nitrogens with zero attached hydrogens (tertiary/aromatic N) is 1. The largest absolute Gasteiger partial charge is 0.481 e. The number of carbonyl (C=O) groups excluding carboxylic acids is 1. The highest BCUT2D eigenvalue weighted by Crippen LogP contribution is 2.27. The van der Waals surface area contributed by atoms with Gasteiger partial charge >= 0.3 is 17.9 Å². The lowest BCUT2D eigenvalue weighted by molar-refractivity contribution is -0.144. The molecule has 3 saturated heterocycles. The maximum Gasteiger partial charge on any atom is 0.307 e. The van der Waals surface area contributed by atoms with E-state index in [0.29, 0.717) is 58.4 Å². The van der Waals surface area contributed by atoms with Crippen LogP contribution < -0.4 is 21.3 Å². The average Bonchev–Trinajstić information content (AvgIpc) is 4.02. The standard InChI is InChI=1S/C45H59N5O7/c51-42(26-33-7-2-6-32(21-33)24-40(44(54)55)36-11-15-47-28-36)50(18-13-30-4-1-5-31(20-30)23-39(43(52)53)35-10-14-46-27-35)19-17-49-38-9-3-8-34(22-38)25-41(45(56)57)37-12-16-48-29-37/h1-9,20-22,35-37,39-41,46-49H,10-19,23-29H2,(H,52,53)(H,54,55)(H,56,57)/t35-,36-,37-,39-,40-,41-/m0/s1. The molecule has 57 heavy (non-hydrogen) atoms. The van der Waals surface area contributed by atoms with Crippen LogP contribution in [0.15, 0.2) is 72.8 Å². The second-order valence-corrected chi connectivity index (χ2v) is 16.3. The van der Waals surface area contributed by atoms with E-state index in [4.69, 9.17) is 0 Å². The van der Waals surface area contributed by atoms with Gasteiger partial charge in [-0.05, 0) is 142 Å². The molecule has 6 atom stereocenters. The Morgan fingerprint density at radius 2 is 1.04 bits per heavy atom. The zero-order valence-electron chi connectivity index (χ0n) is 32.8. The van der Waals surface area contributed by atoms with E-state index in [0.717, 1.165) is 78.9 Å². The molecular weight excluding hydrogens is 723 g/mol. The van der Waals surface area contributed by atoms with Crippen molar-refractivity contribution in [2.24, 2.45) is 35.5 Å². The van der Waals surface area contributed by atoms with E-state index in [1.54, 1.807) is 0 Å². The van der Waals surface area contributed by atoms with Gasteiger partial charge in [0, 0.05) is 25.3 Å². The van der Waals surface area contributed by atoms with Crippen LogP contribution in [0.1, 0.15) is 47.1 Å². The van der Waals surface area contributed by atoms with E-state index in [2.05, 4.69) is 27.3 Å². The number of carbonyl (C=O) groups is 4. The van der Waals surface area contributed by atoms with Crippen molar-refractivity contribution in [1.29, 1.82) is 0 Å². The Kier molecular flexibility index (Phi) is 15.1. The molecule has 0 radical (unpaired) electrons. The highest BCUT2D eigenvalue weighted by Gasteiger charge is 2.33. The normalized spacial score (nSPS) is 20.8. The van der Waals surface area contributed by atoms with Gasteiger partial charge in [-0.3, -0.25) is 19.2 Å². The number of benzene rings is 3. The molecule has 3 heterocycles. The first kappa shape index (κ1) is 41.8. The van der Waals surface area contributed by atoms with Crippen LogP contribution in [0, 0.1) is 35.5 Å². The van der Waals surface area contributed by atoms with E-state index in [9.17, 15) is 34.5 Å². The number of rotatable bonds is 21. The van der Waals surface area contributed by atoms with E-state index < -0.39 is 35.7 Å². The van der Waals surface area contributed by atoms with Gasteiger partial charge in [0.1, 0.15) is 0 Å². The summed E-state index contributed by atoms with van der Waals surface area (Å²) in [7, 11) is 0. The number of nitrogens with one attached hydrogen (secondary N) is 4. The molecule has 12 heteroatoms. The number of amides is 1. The fourth-order valence-electron chi connectivity index (χ4n) is 9.02. The summed E-state index contributed by atoms with van der Waals surface area (Å²) in [5.74, 6) is -3.49. The molecule has 7 N–H and O–H groups in total. The molecule has 0 aliphatic carbocycles. The molecule has 0 bridgehead atoms. The molecule has 0 aromatic heterocycles. The maximum absolute atomic E-state index is 14.1.